The molecule has 0 radical (unpaired) electrons. The van der Waals surface area contributed by atoms with E-state index in [4.69, 9.17) is 18.9 Å². The highest BCUT2D eigenvalue weighted by molar-refractivity contribution is 5.91. The number of halogens is 1. The molecule has 0 saturated carbocycles. The molecule has 3 aromatic rings. The van der Waals surface area contributed by atoms with Gasteiger partial charge in [0.25, 0.3) is 0 Å². The standard InChI is InChI=1S/C31H29FO7/c1-3-29(33)37-20-8-6-5-7-19-36-25-15-13-23(14-16-25)22-9-11-24(12-10-22)31(35)38-26-17-18-28(27(32)21-26)39-30(34)4-2/h3-4,9-18,21H,1-2,5-8,19-20H2. The lowest BCUT2D eigenvalue weighted by atomic mass is 10.0. The zero-order valence-electron chi connectivity index (χ0n) is 21.4. The van der Waals surface area contributed by atoms with Crippen LogP contribution in [-0.4, -0.2) is 31.1 Å². The Kier molecular flexibility index (Phi) is 11.0. The Morgan fingerprint density at radius 1 is 0.692 bits per heavy atom. The number of carbonyl (C=O) groups is 3. The van der Waals surface area contributed by atoms with Crippen molar-refractivity contribution in [2.45, 2.75) is 25.7 Å². The van der Waals surface area contributed by atoms with E-state index in [0.717, 1.165) is 60.8 Å². The topological polar surface area (TPSA) is 88.1 Å². The maximum Gasteiger partial charge on any atom is 0.343 e. The molecule has 8 heteroatoms. The van der Waals surface area contributed by atoms with Gasteiger partial charge in [0.05, 0.1) is 18.8 Å². The molecule has 0 aliphatic rings. The molecular formula is C31H29FO7. The summed E-state index contributed by atoms with van der Waals surface area (Å²) in [7, 11) is 0. The predicted molar refractivity (Wildman–Crippen MR) is 144 cm³/mol. The summed E-state index contributed by atoms with van der Waals surface area (Å²) in [5, 5.41) is 0. The van der Waals surface area contributed by atoms with Crippen molar-refractivity contribution in [2.75, 3.05) is 13.2 Å². The number of unbranched alkanes of at least 4 members (excludes halogenated alkanes) is 3. The van der Waals surface area contributed by atoms with Gasteiger partial charge >= 0.3 is 17.9 Å². The van der Waals surface area contributed by atoms with Gasteiger partial charge in [-0.1, -0.05) is 37.4 Å². The van der Waals surface area contributed by atoms with Crippen molar-refractivity contribution in [3.8, 4) is 28.4 Å². The largest absolute Gasteiger partial charge is 0.494 e. The quantitative estimate of drug-likeness (QED) is 0.102. The minimum Gasteiger partial charge on any atom is -0.494 e. The minimum absolute atomic E-state index is 0.0235. The van der Waals surface area contributed by atoms with Crippen LogP contribution in [0.3, 0.4) is 0 Å². The molecule has 0 fully saturated rings. The molecule has 0 atom stereocenters. The lowest BCUT2D eigenvalue weighted by Gasteiger charge is -2.09. The van der Waals surface area contributed by atoms with E-state index in [1.54, 1.807) is 24.3 Å². The van der Waals surface area contributed by atoms with E-state index in [1.807, 2.05) is 24.3 Å². The molecule has 7 nitrogen and oxygen atoms in total. The highest BCUT2D eigenvalue weighted by Crippen LogP contribution is 2.25. The summed E-state index contributed by atoms with van der Waals surface area (Å²) in [6.45, 7) is 7.60. The molecule has 0 amide bonds. The van der Waals surface area contributed by atoms with E-state index in [9.17, 15) is 18.8 Å². The van der Waals surface area contributed by atoms with Crippen molar-refractivity contribution in [1.29, 1.82) is 0 Å². The van der Waals surface area contributed by atoms with Crippen LogP contribution in [0, 0.1) is 5.82 Å². The lowest BCUT2D eigenvalue weighted by molar-refractivity contribution is -0.137. The van der Waals surface area contributed by atoms with E-state index >= 15 is 0 Å². The Labute approximate surface area is 226 Å². The number of hydrogen-bond acceptors (Lipinski definition) is 7. The maximum atomic E-state index is 14.1. The van der Waals surface area contributed by atoms with Gasteiger partial charge in [-0.3, -0.25) is 0 Å². The molecular weight excluding hydrogens is 503 g/mol. The van der Waals surface area contributed by atoms with Gasteiger partial charge in [-0.05, 0) is 73.2 Å². The van der Waals surface area contributed by atoms with E-state index < -0.39 is 23.7 Å². The van der Waals surface area contributed by atoms with Gasteiger partial charge in [0, 0.05) is 18.2 Å². The molecule has 0 saturated heterocycles. The van der Waals surface area contributed by atoms with Crippen molar-refractivity contribution in [3.63, 3.8) is 0 Å². The predicted octanol–water partition coefficient (Wildman–Crippen LogP) is 6.47. The van der Waals surface area contributed by atoms with Crippen LogP contribution in [0.2, 0.25) is 0 Å². The summed E-state index contributed by atoms with van der Waals surface area (Å²) in [5.74, 6) is -2.25. The summed E-state index contributed by atoms with van der Waals surface area (Å²) in [5.41, 5.74) is 2.14. The van der Waals surface area contributed by atoms with Crippen molar-refractivity contribution >= 4 is 17.9 Å². The first kappa shape index (κ1) is 28.8. The molecule has 0 N–H and O–H groups in total. The maximum absolute atomic E-state index is 14.1. The number of esters is 3. The highest BCUT2D eigenvalue weighted by atomic mass is 19.1. The van der Waals surface area contributed by atoms with Crippen LogP contribution in [0.25, 0.3) is 11.1 Å². The molecule has 0 unspecified atom stereocenters. The van der Waals surface area contributed by atoms with Gasteiger partial charge in [0.15, 0.2) is 11.6 Å². The summed E-state index contributed by atoms with van der Waals surface area (Å²) < 4.78 is 34.8. The van der Waals surface area contributed by atoms with Crippen molar-refractivity contribution in [2.24, 2.45) is 0 Å². The Hall–Kier alpha value is -4.72. The SMILES string of the molecule is C=CC(=O)OCCCCCCOc1ccc(-c2ccc(C(=O)Oc3ccc(OC(=O)C=C)c(F)c3)cc2)cc1. The minimum atomic E-state index is -0.845. The number of rotatable bonds is 14. The van der Waals surface area contributed by atoms with Crippen molar-refractivity contribution < 1.29 is 37.7 Å². The molecule has 3 aromatic carbocycles. The first-order chi connectivity index (χ1) is 18.9. The van der Waals surface area contributed by atoms with Crippen LogP contribution < -0.4 is 14.2 Å². The van der Waals surface area contributed by atoms with Crippen LogP contribution in [0.5, 0.6) is 17.2 Å². The fourth-order valence-electron chi connectivity index (χ4n) is 3.47. The summed E-state index contributed by atoms with van der Waals surface area (Å²) >= 11 is 0. The van der Waals surface area contributed by atoms with E-state index in [0.29, 0.717) is 18.8 Å². The third-order valence-corrected chi connectivity index (χ3v) is 5.52. The number of benzene rings is 3. The van der Waals surface area contributed by atoms with Gasteiger partial charge in [0.1, 0.15) is 11.5 Å². The first-order valence-electron chi connectivity index (χ1n) is 12.4. The number of carbonyl (C=O) groups excluding carboxylic acids is 3. The van der Waals surface area contributed by atoms with Crippen molar-refractivity contribution in [1.82, 2.24) is 0 Å². The Balaban J connectivity index is 1.45. The van der Waals surface area contributed by atoms with Crippen LogP contribution in [0.1, 0.15) is 36.0 Å². The van der Waals surface area contributed by atoms with E-state index in [2.05, 4.69) is 13.2 Å². The molecule has 3 rings (SSSR count). The molecule has 0 heterocycles. The van der Waals surface area contributed by atoms with Crippen molar-refractivity contribution in [3.05, 3.63) is 103 Å². The zero-order chi connectivity index (χ0) is 28.0. The molecule has 0 aromatic heterocycles. The normalized spacial score (nSPS) is 10.3. The average molecular weight is 533 g/mol. The third kappa shape index (κ3) is 9.27. The van der Waals surface area contributed by atoms with Gasteiger partial charge in [0.2, 0.25) is 0 Å². The first-order valence-corrected chi connectivity index (χ1v) is 12.4. The fraction of sp³-hybridized carbons (Fsp3) is 0.194. The lowest BCUT2D eigenvalue weighted by Crippen LogP contribution is -2.09. The third-order valence-electron chi connectivity index (χ3n) is 5.52. The highest BCUT2D eigenvalue weighted by Gasteiger charge is 2.13. The molecule has 202 valence electrons. The van der Waals surface area contributed by atoms with E-state index in [1.165, 1.54) is 12.1 Å². The van der Waals surface area contributed by atoms with E-state index in [-0.39, 0.29) is 11.5 Å². The Bertz CT molecular complexity index is 1300. The molecule has 39 heavy (non-hydrogen) atoms. The number of hydrogen-bond donors (Lipinski definition) is 0. The second-order valence-electron chi connectivity index (χ2n) is 8.34. The fourth-order valence-corrected chi connectivity index (χ4v) is 3.47. The van der Waals surface area contributed by atoms with Crippen LogP contribution >= 0.6 is 0 Å². The van der Waals surface area contributed by atoms with Gasteiger partial charge < -0.3 is 18.9 Å². The zero-order valence-corrected chi connectivity index (χ0v) is 21.4. The number of ether oxygens (including phenoxy) is 4. The summed E-state index contributed by atoms with van der Waals surface area (Å²) in [6, 6.07) is 17.9. The summed E-state index contributed by atoms with van der Waals surface area (Å²) in [4.78, 5) is 34.7. The Morgan fingerprint density at radius 3 is 1.90 bits per heavy atom. The molecule has 0 spiro atoms. The van der Waals surface area contributed by atoms with Gasteiger partial charge in [-0.2, -0.15) is 0 Å². The van der Waals surface area contributed by atoms with Crippen LogP contribution in [0.15, 0.2) is 92.0 Å². The van der Waals surface area contributed by atoms with Gasteiger partial charge in [-0.25, -0.2) is 18.8 Å². The average Bonchev–Trinajstić information content (AvgIpc) is 2.96. The monoisotopic (exact) mass is 532 g/mol. The summed E-state index contributed by atoms with van der Waals surface area (Å²) in [6.07, 6.45) is 5.71. The van der Waals surface area contributed by atoms with Gasteiger partial charge in [-0.15, -0.1) is 0 Å². The molecule has 0 aliphatic carbocycles. The second kappa shape index (κ2) is 14.9. The van der Waals surface area contributed by atoms with Crippen LogP contribution in [-0.2, 0) is 14.3 Å². The Morgan fingerprint density at radius 2 is 1.28 bits per heavy atom. The second-order valence-corrected chi connectivity index (χ2v) is 8.34. The molecule has 0 aliphatic heterocycles. The van der Waals surface area contributed by atoms with Crippen LogP contribution in [0.4, 0.5) is 4.39 Å². The molecule has 0 bridgehead atoms. The smallest absolute Gasteiger partial charge is 0.343 e.